The maximum absolute atomic E-state index is 14.8. The summed E-state index contributed by atoms with van der Waals surface area (Å²) in [6, 6.07) is 0. The molecular weight excluding hydrogens is 608 g/mol. The van der Waals surface area contributed by atoms with Crippen LogP contribution in [0.1, 0.15) is 132 Å². The number of carboxylic acid groups (broad SMARTS) is 1. The Hall–Kier alpha value is -1.32. The topological polar surface area (TPSA) is 134 Å². The van der Waals surface area contributed by atoms with Crippen molar-refractivity contribution in [3.05, 3.63) is 11.6 Å². The molecule has 0 radical (unpaired) electrons. The number of fused-ring (bicyclic) bond motifs is 7. The number of ketones is 1. The van der Waals surface area contributed by atoms with E-state index in [9.17, 15) is 30.0 Å². The van der Waals surface area contributed by atoms with Gasteiger partial charge in [0.1, 0.15) is 18.3 Å². The predicted molar refractivity (Wildman–Crippen MR) is 183 cm³/mol. The van der Waals surface area contributed by atoms with Gasteiger partial charge >= 0.3 is 5.97 Å². The van der Waals surface area contributed by atoms with Crippen molar-refractivity contribution in [2.45, 2.75) is 169 Å². The Morgan fingerprint density at radius 3 is 2.29 bits per heavy atom. The molecule has 6 rings (SSSR count). The smallest absolute Gasteiger partial charge is 0.309 e. The third kappa shape index (κ3) is 5.15. The first-order valence-corrected chi connectivity index (χ1v) is 19.1. The van der Waals surface area contributed by atoms with E-state index in [0.717, 1.165) is 51.4 Å². The third-order valence-electron chi connectivity index (χ3n) is 16.2. The Morgan fingerprint density at radius 2 is 1.62 bits per heavy atom. The second-order valence-corrected chi connectivity index (χ2v) is 18.9. The van der Waals surface area contributed by atoms with Crippen LogP contribution in [-0.2, 0) is 19.1 Å². The van der Waals surface area contributed by atoms with Gasteiger partial charge in [0.15, 0.2) is 5.78 Å². The Morgan fingerprint density at radius 1 is 0.938 bits per heavy atom. The maximum Gasteiger partial charge on any atom is 0.309 e. The van der Waals surface area contributed by atoms with E-state index >= 15 is 0 Å². The molecule has 8 nitrogen and oxygen atoms in total. The highest BCUT2D eigenvalue weighted by molar-refractivity contribution is 5.95. The Kier molecular flexibility index (Phi) is 9.22. The van der Waals surface area contributed by atoms with Crippen molar-refractivity contribution in [2.24, 2.45) is 50.2 Å². The van der Waals surface area contributed by atoms with E-state index in [1.807, 2.05) is 6.92 Å². The molecule has 1 aliphatic heterocycles. The average Bonchev–Trinajstić information content (AvgIpc) is 3.02. The Balaban J connectivity index is 1.22. The van der Waals surface area contributed by atoms with Crippen LogP contribution in [0.4, 0.5) is 0 Å². The number of carbonyl (C=O) groups is 2. The lowest BCUT2D eigenvalue weighted by Gasteiger charge is -2.71. The molecule has 4 saturated carbocycles. The van der Waals surface area contributed by atoms with Gasteiger partial charge < -0.3 is 29.9 Å². The van der Waals surface area contributed by atoms with Crippen LogP contribution < -0.4 is 0 Å². The van der Waals surface area contributed by atoms with Crippen molar-refractivity contribution >= 4 is 11.8 Å². The number of allylic oxidation sites excluding steroid dienone is 2. The minimum Gasteiger partial charge on any atom is -0.481 e. The molecule has 5 fully saturated rings. The molecule has 0 unspecified atom stereocenters. The van der Waals surface area contributed by atoms with Crippen LogP contribution >= 0.6 is 0 Å². The van der Waals surface area contributed by atoms with E-state index < -0.39 is 41.9 Å². The number of carboxylic acids is 1. The summed E-state index contributed by atoms with van der Waals surface area (Å²) in [5.41, 5.74) is 0.00772. The normalized spacial score (nSPS) is 51.5. The highest BCUT2D eigenvalue weighted by Crippen LogP contribution is 2.76. The van der Waals surface area contributed by atoms with Crippen molar-refractivity contribution in [1.29, 1.82) is 0 Å². The highest BCUT2D eigenvalue weighted by Gasteiger charge is 2.71. The lowest BCUT2D eigenvalue weighted by atomic mass is 9.32. The molecule has 0 spiro atoms. The van der Waals surface area contributed by atoms with Crippen LogP contribution in [0.5, 0.6) is 0 Å². The zero-order valence-corrected chi connectivity index (χ0v) is 30.9. The molecular formula is C40H64O8. The summed E-state index contributed by atoms with van der Waals surface area (Å²) in [5, 5.41) is 40.9. The summed E-state index contributed by atoms with van der Waals surface area (Å²) in [5.74, 6) is -0.0238. The Bertz CT molecular complexity index is 1310. The number of carbonyl (C=O) groups excluding carboxylic acids is 1. The number of hydrogen-bond donors (Lipinski definition) is 4. The molecule has 4 N–H and O–H groups in total. The largest absolute Gasteiger partial charge is 0.481 e. The maximum atomic E-state index is 14.8. The summed E-state index contributed by atoms with van der Waals surface area (Å²) in [6.45, 7) is 18.4. The number of rotatable bonds is 7. The van der Waals surface area contributed by atoms with Gasteiger partial charge in [0.2, 0.25) is 0 Å². The average molecular weight is 673 g/mol. The van der Waals surface area contributed by atoms with Crippen LogP contribution in [-0.4, -0.2) is 75.4 Å². The quantitative estimate of drug-likeness (QED) is 0.226. The number of aliphatic hydroxyl groups excluding tert-OH is 3. The predicted octanol–water partition coefficient (Wildman–Crippen LogP) is 6.48. The highest BCUT2D eigenvalue weighted by atomic mass is 16.5. The van der Waals surface area contributed by atoms with E-state index in [4.69, 9.17) is 9.47 Å². The molecule has 0 bridgehead atoms. The van der Waals surface area contributed by atoms with Gasteiger partial charge in [0.05, 0.1) is 23.7 Å². The van der Waals surface area contributed by atoms with E-state index in [1.165, 1.54) is 5.57 Å². The van der Waals surface area contributed by atoms with Crippen molar-refractivity contribution in [1.82, 2.24) is 0 Å². The summed E-state index contributed by atoms with van der Waals surface area (Å²) >= 11 is 0. The summed E-state index contributed by atoms with van der Waals surface area (Å²) in [6.07, 6.45) is 8.06. The van der Waals surface area contributed by atoms with Crippen molar-refractivity contribution in [3.63, 3.8) is 0 Å². The zero-order valence-electron chi connectivity index (χ0n) is 30.9. The van der Waals surface area contributed by atoms with Crippen molar-refractivity contribution in [2.75, 3.05) is 6.61 Å². The molecule has 8 heteroatoms. The second kappa shape index (κ2) is 12.1. The van der Waals surface area contributed by atoms with Gasteiger partial charge in [-0.3, -0.25) is 9.59 Å². The number of aliphatic hydroxyl groups is 3. The molecule has 48 heavy (non-hydrogen) atoms. The molecule has 0 aromatic heterocycles. The second-order valence-electron chi connectivity index (χ2n) is 18.9. The first-order chi connectivity index (χ1) is 22.3. The minimum atomic E-state index is -1.21. The van der Waals surface area contributed by atoms with Gasteiger partial charge in [0.25, 0.3) is 0 Å². The van der Waals surface area contributed by atoms with Gasteiger partial charge in [-0.1, -0.05) is 47.1 Å². The van der Waals surface area contributed by atoms with Gasteiger partial charge in [0, 0.05) is 12.5 Å². The van der Waals surface area contributed by atoms with Gasteiger partial charge in [-0.05, 0) is 136 Å². The summed E-state index contributed by atoms with van der Waals surface area (Å²) in [7, 11) is 0. The zero-order chi connectivity index (χ0) is 35.2. The fourth-order valence-corrected chi connectivity index (χ4v) is 13.0. The molecule has 272 valence electrons. The summed E-state index contributed by atoms with van der Waals surface area (Å²) < 4.78 is 12.4. The molecule has 5 aliphatic carbocycles. The van der Waals surface area contributed by atoms with E-state index in [0.29, 0.717) is 38.2 Å². The number of ether oxygens (including phenoxy) is 2. The minimum absolute atomic E-state index is 0.0430. The van der Waals surface area contributed by atoms with Gasteiger partial charge in [-0.15, -0.1) is 0 Å². The molecule has 14 atom stereocenters. The van der Waals surface area contributed by atoms with E-state index in [-0.39, 0.29) is 50.8 Å². The lowest BCUT2D eigenvalue weighted by Crippen LogP contribution is -2.67. The molecule has 0 aromatic rings. The molecule has 0 amide bonds. The number of aliphatic carboxylic acids is 1. The monoisotopic (exact) mass is 672 g/mol. The fraction of sp³-hybridized carbons (Fsp3) is 0.900. The van der Waals surface area contributed by atoms with Crippen LogP contribution in [0.15, 0.2) is 11.6 Å². The third-order valence-corrected chi connectivity index (χ3v) is 16.2. The molecule has 1 saturated heterocycles. The number of hydrogen-bond acceptors (Lipinski definition) is 7. The molecule has 6 aliphatic rings. The van der Waals surface area contributed by atoms with Crippen molar-refractivity contribution in [3.8, 4) is 0 Å². The molecule has 1 heterocycles. The van der Waals surface area contributed by atoms with Gasteiger partial charge in [-0.2, -0.15) is 0 Å². The fourth-order valence-electron chi connectivity index (χ4n) is 13.0. The van der Waals surface area contributed by atoms with Crippen LogP contribution in [0, 0.1) is 50.2 Å². The summed E-state index contributed by atoms with van der Waals surface area (Å²) in [4.78, 5) is 27.2. The van der Waals surface area contributed by atoms with Crippen molar-refractivity contribution < 1.29 is 39.5 Å². The van der Waals surface area contributed by atoms with Crippen LogP contribution in [0.3, 0.4) is 0 Å². The van der Waals surface area contributed by atoms with E-state index in [1.54, 1.807) is 6.92 Å². The van der Waals surface area contributed by atoms with Gasteiger partial charge in [-0.25, -0.2) is 0 Å². The van der Waals surface area contributed by atoms with Crippen LogP contribution in [0.25, 0.3) is 0 Å². The first kappa shape index (κ1) is 36.5. The molecule has 0 aromatic carbocycles. The lowest BCUT2D eigenvalue weighted by molar-refractivity contribution is -0.221. The first-order valence-electron chi connectivity index (χ1n) is 19.1. The van der Waals surface area contributed by atoms with E-state index in [2.05, 4.69) is 47.6 Å². The standard InChI is InChI=1S/C40H64O8/c1-9-40-15-12-28-35(3,4)29(47-20-10-11-27-31(43)32(44)30(42)23(2)48-27)13-14-38(28,7)33(40)26(41)21-24-25-22-37(6,34(45)46)17-16-36(25,5)18-19-39(24,40)8/h21,23,25,27-33,42-44H,9-20,22H2,1-8H3,(H,45,46)/t23-,25-,27-,28-,29-,30+,31+,32+,33+,36+,37-,38-,39+,40+/m0/s1. The SMILES string of the molecule is CC[C@@]12CC[C@H]3C(C)(C)[C@@H](OCCC[C@@H]4O[C@@H](C)[C@@H](O)[C@@H](O)[C@@H]4O)CC[C@]3(C)[C@H]1C(=O)C=C1[C@@H]3C[C@@](C)(C(=O)O)CC[C@]3(C)CC[C@]12C. The van der Waals surface area contributed by atoms with Crippen LogP contribution in [0.2, 0.25) is 0 Å². The Labute approximate surface area is 288 Å².